The maximum Gasteiger partial charge on any atom is 0.236 e. The van der Waals surface area contributed by atoms with Gasteiger partial charge in [0.05, 0.1) is 6.54 Å². The van der Waals surface area contributed by atoms with Crippen LogP contribution in [0.3, 0.4) is 0 Å². The predicted molar refractivity (Wildman–Crippen MR) is 73.4 cm³/mol. The van der Waals surface area contributed by atoms with Gasteiger partial charge in [-0.2, -0.15) is 11.8 Å². The number of hydrogen-bond acceptors (Lipinski definition) is 3. The van der Waals surface area contributed by atoms with Gasteiger partial charge in [0.1, 0.15) is 0 Å². The van der Waals surface area contributed by atoms with E-state index in [2.05, 4.69) is 10.2 Å². The number of thioether (sulfide) groups is 1. The van der Waals surface area contributed by atoms with E-state index in [4.69, 9.17) is 0 Å². The molecule has 0 aromatic heterocycles. The summed E-state index contributed by atoms with van der Waals surface area (Å²) in [5.74, 6) is 2.80. The molecule has 17 heavy (non-hydrogen) atoms. The number of carbonyl (C=O) groups excluding carboxylic acids is 1. The highest BCUT2D eigenvalue weighted by molar-refractivity contribution is 7.99. The summed E-state index contributed by atoms with van der Waals surface area (Å²) in [5, 5.41) is 3.43. The first kappa shape index (κ1) is 13.2. The first-order chi connectivity index (χ1) is 8.36. The lowest BCUT2D eigenvalue weighted by Crippen LogP contribution is -2.43. The van der Waals surface area contributed by atoms with Gasteiger partial charge in [0.25, 0.3) is 0 Å². The maximum absolute atomic E-state index is 12.1. The van der Waals surface area contributed by atoms with Crippen molar-refractivity contribution in [3.63, 3.8) is 0 Å². The van der Waals surface area contributed by atoms with Crippen LogP contribution in [0.5, 0.6) is 0 Å². The third-order valence-electron chi connectivity index (χ3n) is 3.72. The molecule has 2 rings (SSSR count). The highest BCUT2D eigenvalue weighted by atomic mass is 32.2. The average molecular weight is 256 g/mol. The Morgan fingerprint density at radius 3 is 2.41 bits per heavy atom. The Morgan fingerprint density at radius 1 is 1.12 bits per heavy atom. The molecule has 3 nitrogen and oxygen atoms in total. The second-order valence-electron chi connectivity index (χ2n) is 5.06. The topological polar surface area (TPSA) is 32.3 Å². The van der Waals surface area contributed by atoms with Crippen molar-refractivity contribution in [2.24, 2.45) is 0 Å². The van der Waals surface area contributed by atoms with Gasteiger partial charge in [-0.3, -0.25) is 4.79 Å². The lowest BCUT2D eigenvalue weighted by Gasteiger charge is -2.25. The second-order valence-corrected chi connectivity index (χ2v) is 6.29. The summed E-state index contributed by atoms with van der Waals surface area (Å²) < 4.78 is 0. The van der Waals surface area contributed by atoms with E-state index in [1.807, 2.05) is 11.8 Å². The zero-order chi connectivity index (χ0) is 11.9. The van der Waals surface area contributed by atoms with Gasteiger partial charge in [0.15, 0.2) is 0 Å². The van der Waals surface area contributed by atoms with Gasteiger partial charge >= 0.3 is 0 Å². The number of amides is 1. The zero-order valence-electron chi connectivity index (χ0n) is 10.6. The zero-order valence-corrected chi connectivity index (χ0v) is 11.4. The van der Waals surface area contributed by atoms with Crippen LogP contribution in [0.1, 0.15) is 38.5 Å². The normalized spacial score (nSPS) is 23.4. The molecule has 0 atom stereocenters. The van der Waals surface area contributed by atoms with Crippen molar-refractivity contribution < 1.29 is 4.79 Å². The van der Waals surface area contributed by atoms with Gasteiger partial charge in [0.2, 0.25) is 5.91 Å². The van der Waals surface area contributed by atoms with Gasteiger partial charge in [-0.1, -0.05) is 12.8 Å². The fraction of sp³-hybridized carbons (Fsp3) is 0.923. The molecule has 0 aliphatic carbocycles. The van der Waals surface area contributed by atoms with Crippen LogP contribution < -0.4 is 5.32 Å². The Hall–Kier alpha value is -0.220. The lowest BCUT2D eigenvalue weighted by atomic mass is 10.1. The van der Waals surface area contributed by atoms with E-state index in [-0.39, 0.29) is 0 Å². The Balaban J connectivity index is 1.68. The van der Waals surface area contributed by atoms with Crippen LogP contribution in [0.15, 0.2) is 0 Å². The molecular formula is C13H24N2OS. The summed E-state index contributed by atoms with van der Waals surface area (Å²) in [6, 6.07) is 0.576. The first-order valence-corrected chi connectivity index (χ1v) is 8.10. The summed E-state index contributed by atoms with van der Waals surface area (Å²) in [4.78, 5) is 14.1. The number of nitrogens with one attached hydrogen (secondary N) is 1. The van der Waals surface area contributed by atoms with Crippen LogP contribution >= 0.6 is 11.8 Å². The fourth-order valence-corrected chi connectivity index (χ4v) is 3.67. The van der Waals surface area contributed by atoms with E-state index < -0.39 is 0 Å². The molecule has 2 heterocycles. The van der Waals surface area contributed by atoms with Crippen molar-refractivity contribution >= 4 is 17.7 Å². The van der Waals surface area contributed by atoms with Gasteiger partial charge < -0.3 is 10.2 Å². The van der Waals surface area contributed by atoms with Crippen molar-refractivity contribution in [2.75, 3.05) is 31.1 Å². The summed E-state index contributed by atoms with van der Waals surface area (Å²) in [7, 11) is 0. The van der Waals surface area contributed by atoms with E-state index in [1.54, 1.807) is 0 Å². The fourth-order valence-electron chi connectivity index (χ4n) is 2.57. The molecule has 0 unspecified atom stereocenters. The molecule has 0 spiro atoms. The van der Waals surface area contributed by atoms with Crippen molar-refractivity contribution in [1.29, 1.82) is 0 Å². The molecule has 1 N–H and O–H groups in total. The molecular weight excluding hydrogens is 232 g/mol. The summed E-state index contributed by atoms with van der Waals surface area (Å²) in [6.07, 6.45) is 7.39. The Labute approximate surface area is 109 Å². The summed E-state index contributed by atoms with van der Waals surface area (Å²) >= 11 is 2.03. The molecule has 2 aliphatic rings. The van der Waals surface area contributed by atoms with Crippen LogP contribution in [0.4, 0.5) is 0 Å². The van der Waals surface area contributed by atoms with Crippen LogP contribution in [-0.4, -0.2) is 48.0 Å². The van der Waals surface area contributed by atoms with Gasteiger partial charge in [-0.25, -0.2) is 0 Å². The molecule has 4 heteroatoms. The van der Waals surface area contributed by atoms with Crippen LogP contribution in [0.25, 0.3) is 0 Å². The van der Waals surface area contributed by atoms with E-state index in [0.29, 0.717) is 18.5 Å². The molecule has 1 amide bonds. The third-order valence-corrected chi connectivity index (χ3v) is 4.77. The highest BCUT2D eigenvalue weighted by Gasteiger charge is 2.18. The molecule has 2 aliphatic heterocycles. The molecule has 0 aromatic rings. The Morgan fingerprint density at radius 2 is 1.76 bits per heavy atom. The lowest BCUT2D eigenvalue weighted by molar-refractivity contribution is -0.130. The number of carbonyl (C=O) groups is 1. The van der Waals surface area contributed by atoms with Gasteiger partial charge in [-0.05, 0) is 37.2 Å². The minimum absolute atomic E-state index is 0.310. The van der Waals surface area contributed by atoms with E-state index >= 15 is 0 Å². The van der Waals surface area contributed by atoms with Gasteiger partial charge in [0, 0.05) is 19.1 Å². The average Bonchev–Trinajstić information content (AvgIpc) is 2.66. The molecule has 0 radical (unpaired) electrons. The van der Waals surface area contributed by atoms with E-state index in [1.165, 1.54) is 50.0 Å². The third kappa shape index (κ3) is 4.51. The minimum atomic E-state index is 0.310. The van der Waals surface area contributed by atoms with Crippen molar-refractivity contribution in [1.82, 2.24) is 10.2 Å². The molecule has 98 valence electrons. The molecule has 2 fully saturated rings. The molecule has 0 aromatic carbocycles. The van der Waals surface area contributed by atoms with Gasteiger partial charge in [-0.15, -0.1) is 0 Å². The highest BCUT2D eigenvalue weighted by Crippen LogP contribution is 2.16. The minimum Gasteiger partial charge on any atom is -0.342 e. The largest absolute Gasteiger partial charge is 0.342 e. The maximum atomic E-state index is 12.1. The number of likely N-dealkylation sites (tertiary alicyclic amines) is 1. The standard InChI is InChI=1S/C13H24N2OS/c16-13(15-7-3-1-2-4-8-15)11-14-12-5-9-17-10-6-12/h12,14H,1-11H2. The molecule has 0 saturated carbocycles. The second kappa shape index (κ2) is 7.27. The molecule has 2 saturated heterocycles. The Kier molecular flexibility index (Phi) is 5.65. The first-order valence-electron chi connectivity index (χ1n) is 6.95. The van der Waals surface area contributed by atoms with Crippen LogP contribution in [0, 0.1) is 0 Å². The number of rotatable bonds is 3. The smallest absolute Gasteiger partial charge is 0.236 e. The van der Waals surface area contributed by atoms with E-state index in [0.717, 1.165) is 13.1 Å². The Bertz CT molecular complexity index is 234. The van der Waals surface area contributed by atoms with Crippen molar-refractivity contribution in [3.05, 3.63) is 0 Å². The quantitative estimate of drug-likeness (QED) is 0.837. The monoisotopic (exact) mass is 256 g/mol. The predicted octanol–water partition coefficient (Wildman–Crippen LogP) is 1.87. The van der Waals surface area contributed by atoms with Crippen LogP contribution in [-0.2, 0) is 4.79 Å². The summed E-state index contributed by atoms with van der Waals surface area (Å²) in [6.45, 7) is 2.50. The van der Waals surface area contributed by atoms with Crippen LogP contribution in [0.2, 0.25) is 0 Å². The number of hydrogen-bond donors (Lipinski definition) is 1. The van der Waals surface area contributed by atoms with Crippen molar-refractivity contribution in [3.8, 4) is 0 Å². The molecule has 0 bridgehead atoms. The van der Waals surface area contributed by atoms with E-state index in [9.17, 15) is 4.79 Å². The summed E-state index contributed by atoms with van der Waals surface area (Å²) in [5.41, 5.74) is 0. The van der Waals surface area contributed by atoms with Crippen molar-refractivity contribution in [2.45, 2.75) is 44.6 Å². The SMILES string of the molecule is O=C(CNC1CCSCC1)N1CCCCCC1. The number of nitrogens with zero attached hydrogens (tertiary/aromatic N) is 1.